The number of hydrogen-bond donors (Lipinski definition) is 1. The van der Waals surface area contributed by atoms with Crippen molar-refractivity contribution in [1.29, 1.82) is 0 Å². The molecule has 0 spiro atoms. The third kappa shape index (κ3) is 1.63. The molecule has 0 saturated carbocycles. The van der Waals surface area contributed by atoms with E-state index < -0.39 is 0 Å². The zero-order valence-corrected chi connectivity index (χ0v) is 6.57. The van der Waals surface area contributed by atoms with E-state index in [-0.39, 0.29) is 4.70 Å². The molecular weight excluding hydrogens is 138 g/mol. The molecule has 0 aromatic heterocycles. The van der Waals surface area contributed by atoms with E-state index in [0.29, 0.717) is 0 Å². The minimum absolute atomic E-state index is 0.0269. The van der Waals surface area contributed by atoms with Gasteiger partial charge in [-0.2, -0.15) is 0 Å². The Kier molecular flexibility index (Phi) is 2.03. The average Bonchev–Trinajstić information content (AvgIpc) is 2.06. The van der Waals surface area contributed by atoms with Crippen molar-refractivity contribution in [3.63, 3.8) is 0 Å². The number of nitrogens with two attached hydrogens (primary N) is 1. The lowest BCUT2D eigenvalue weighted by molar-refractivity contribution is 0.366. The van der Waals surface area contributed by atoms with Gasteiger partial charge in [-0.3, -0.25) is 0 Å². The standard InChI is InChI=1S/C8H12N3/c1-10-11(2,9)8-6-4-3-5-7-8/h3-7H,1,9H2,2H3/q+1. The first kappa shape index (κ1) is 7.91. The monoisotopic (exact) mass is 150 g/mol. The Bertz CT molecular complexity index is 241. The van der Waals surface area contributed by atoms with Crippen LogP contribution in [0.4, 0.5) is 5.69 Å². The molecule has 3 heteroatoms. The summed E-state index contributed by atoms with van der Waals surface area (Å²) in [6.07, 6.45) is 0. The van der Waals surface area contributed by atoms with Gasteiger partial charge in [0, 0.05) is 18.9 Å². The van der Waals surface area contributed by atoms with E-state index in [1.807, 2.05) is 30.3 Å². The van der Waals surface area contributed by atoms with Gasteiger partial charge in [0.15, 0.2) is 5.69 Å². The second kappa shape index (κ2) is 2.82. The molecule has 0 bridgehead atoms. The van der Waals surface area contributed by atoms with Crippen LogP contribution in [0.25, 0.3) is 0 Å². The van der Waals surface area contributed by atoms with Gasteiger partial charge in [0.2, 0.25) is 0 Å². The van der Waals surface area contributed by atoms with Crippen molar-refractivity contribution in [2.45, 2.75) is 0 Å². The fraction of sp³-hybridized carbons (Fsp3) is 0.125. The third-order valence-corrected chi connectivity index (χ3v) is 1.57. The summed E-state index contributed by atoms with van der Waals surface area (Å²) in [4.78, 5) is 0. The molecule has 0 saturated heterocycles. The summed E-state index contributed by atoms with van der Waals surface area (Å²) in [7, 11) is 1.77. The zero-order chi connectivity index (χ0) is 8.32. The molecule has 0 aliphatic rings. The minimum Gasteiger partial charge on any atom is -0.149 e. The molecule has 0 amide bonds. The number of nitrogens with zero attached hydrogens (tertiary/aromatic N) is 2. The second-order valence-electron chi connectivity index (χ2n) is 2.50. The van der Waals surface area contributed by atoms with Gasteiger partial charge >= 0.3 is 0 Å². The topological polar surface area (TPSA) is 38.4 Å². The van der Waals surface area contributed by atoms with Gasteiger partial charge in [-0.05, 0) is 0 Å². The highest BCUT2D eigenvalue weighted by Crippen LogP contribution is 2.14. The lowest BCUT2D eigenvalue weighted by Gasteiger charge is -2.18. The maximum absolute atomic E-state index is 5.75. The van der Waals surface area contributed by atoms with Crippen LogP contribution in [0.15, 0.2) is 35.4 Å². The van der Waals surface area contributed by atoms with Crippen LogP contribution in [-0.4, -0.2) is 13.8 Å². The highest BCUT2D eigenvalue weighted by molar-refractivity contribution is 5.41. The largest absolute Gasteiger partial charge is 0.178 e. The van der Waals surface area contributed by atoms with Crippen molar-refractivity contribution in [3.8, 4) is 0 Å². The maximum atomic E-state index is 5.75. The van der Waals surface area contributed by atoms with Crippen molar-refractivity contribution in [1.82, 2.24) is 4.70 Å². The molecule has 0 radical (unpaired) electrons. The van der Waals surface area contributed by atoms with Crippen LogP contribution in [0.5, 0.6) is 0 Å². The van der Waals surface area contributed by atoms with E-state index in [9.17, 15) is 0 Å². The van der Waals surface area contributed by atoms with Crippen LogP contribution < -0.4 is 10.5 Å². The second-order valence-corrected chi connectivity index (χ2v) is 2.50. The van der Waals surface area contributed by atoms with Crippen LogP contribution >= 0.6 is 0 Å². The van der Waals surface area contributed by atoms with E-state index >= 15 is 0 Å². The Morgan fingerprint density at radius 1 is 1.36 bits per heavy atom. The van der Waals surface area contributed by atoms with Crippen LogP contribution in [0.1, 0.15) is 0 Å². The first-order valence-corrected chi connectivity index (χ1v) is 3.36. The van der Waals surface area contributed by atoms with Crippen LogP contribution in [0.3, 0.4) is 0 Å². The molecule has 0 fully saturated rings. The van der Waals surface area contributed by atoms with Crippen molar-refractivity contribution in [3.05, 3.63) is 30.3 Å². The van der Waals surface area contributed by atoms with E-state index in [4.69, 9.17) is 5.84 Å². The highest BCUT2D eigenvalue weighted by Gasteiger charge is 2.16. The van der Waals surface area contributed by atoms with Crippen LogP contribution in [0.2, 0.25) is 0 Å². The smallest absolute Gasteiger partial charge is 0.149 e. The molecule has 1 aromatic rings. The molecule has 1 unspecified atom stereocenters. The van der Waals surface area contributed by atoms with E-state index in [1.165, 1.54) is 0 Å². The molecule has 11 heavy (non-hydrogen) atoms. The van der Waals surface area contributed by atoms with Gasteiger partial charge in [-0.1, -0.05) is 28.0 Å². The van der Waals surface area contributed by atoms with Crippen molar-refractivity contribution < 1.29 is 0 Å². The molecule has 0 aliphatic carbocycles. The summed E-state index contributed by atoms with van der Waals surface area (Å²) in [6.45, 7) is 3.41. The Morgan fingerprint density at radius 2 is 1.91 bits per heavy atom. The number of para-hydroxylation sites is 1. The number of rotatable bonds is 2. The van der Waals surface area contributed by atoms with Crippen LogP contribution in [-0.2, 0) is 0 Å². The summed E-state index contributed by atoms with van der Waals surface area (Å²) >= 11 is 0. The van der Waals surface area contributed by atoms with Crippen molar-refractivity contribution >= 4 is 12.4 Å². The Hall–Kier alpha value is -1.19. The Labute approximate surface area is 66.3 Å². The summed E-state index contributed by atoms with van der Waals surface area (Å²) in [5.74, 6) is 5.75. The van der Waals surface area contributed by atoms with Crippen molar-refractivity contribution in [2.75, 3.05) is 7.05 Å². The minimum atomic E-state index is -0.0269. The molecule has 2 N–H and O–H groups in total. The summed E-state index contributed by atoms with van der Waals surface area (Å²) in [5.41, 5.74) is 0.919. The average molecular weight is 150 g/mol. The molecule has 0 heterocycles. The predicted molar refractivity (Wildman–Crippen MR) is 47.9 cm³/mol. The summed E-state index contributed by atoms with van der Waals surface area (Å²) < 4.78 is -0.0269. The normalized spacial score (nSPS) is 15.5. The van der Waals surface area contributed by atoms with Gasteiger partial charge in [0.05, 0.1) is 0 Å². The molecular formula is C8H12N3+. The summed E-state index contributed by atoms with van der Waals surface area (Å²) in [6, 6.07) is 9.60. The van der Waals surface area contributed by atoms with E-state index in [2.05, 4.69) is 11.8 Å². The fourth-order valence-electron chi connectivity index (χ4n) is 0.811. The predicted octanol–water partition coefficient (Wildman–Crippen LogP) is 1.11. The molecule has 3 nitrogen and oxygen atoms in total. The molecule has 58 valence electrons. The molecule has 1 atom stereocenters. The first-order valence-electron chi connectivity index (χ1n) is 3.36. The SMILES string of the molecule is C=N[N+](C)(N)c1ccccc1. The lowest BCUT2D eigenvalue weighted by atomic mass is 10.3. The number of hydrogen-bond acceptors (Lipinski definition) is 2. The Morgan fingerprint density at radius 3 is 2.36 bits per heavy atom. The third-order valence-electron chi connectivity index (χ3n) is 1.57. The van der Waals surface area contributed by atoms with E-state index in [0.717, 1.165) is 5.69 Å². The summed E-state index contributed by atoms with van der Waals surface area (Å²) in [5, 5.41) is 3.76. The zero-order valence-electron chi connectivity index (χ0n) is 6.57. The Balaban J connectivity index is 3.02. The van der Waals surface area contributed by atoms with Gasteiger partial charge in [-0.15, -0.1) is 5.84 Å². The van der Waals surface area contributed by atoms with Crippen molar-refractivity contribution in [2.24, 2.45) is 10.9 Å². The maximum Gasteiger partial charge on any atom is 0.178 e. The molecule has 0 aliphatic heterocycles. The number of quaternary nitrogens is 1. The van der Waals surface area contributed by atoms with Crippen LogP contribution in [0, 0.1) is 0 Å². The number of benzene rings is 1. The lowest BCUT2D eigenvalue weighted by Crippen LogP contribution is -2.46. The van der Waals surface area contributed by atoms with Gasteiger partial charge in [0.1, 0.15) is 7.05 Å². The molecule has 1 rings (SSSR count). The quantitative estimate of drug-likeness (QED) is 0.292. The fourth-order valence-corrected chi connectivity index (χ4v) is 0.811. The highest BCUT2D eigenvalue weighted by atomic mass is 15.8. The molecule has 1 aromatic carbocycles. The van der Waals surface area contributed by atoms with Gasteiger partial charge in [-0.25, -0.2) is 0 Å². The van der Waals surface area contributed by atoms with Gasteiger partial charge in [0.25, 0.3) is 0 Å². The first-order chi connectivity index (χ1) is 5.17. The van der Waals surface area contributed by atoms with E-state index in [1.54, 1.807) is 7.05 Å². The van der Waals surface area contributed by atoms with Gasteiger partial charge < -0.3 is 0 Å².